The van der Waals surface area contributed by atoms with Gasteiger partial charge in [0.1, 0.15) is 5.69 Å². The minimum atomic E-state index is -0.158. The van der Waals surface area contributed by atoms with E-state index >= 15 is 0 Å². The number of fused-ring (bicyclic) bond motifs is 1. The van der Waals surface area contributed by atoms with Crippen LogP contribution in [-0.4, -0.2) is 40.1 Å². The molecule has 1 aliphatic rings. The number of pyridine rings is 1. The number of aliphatic hydroxyl groups excluding tert-OH is 1. The Hall–Kier alpha value is -1.65. The summed E-state index contributed by atoms with van der Waals surface area (Å²) in [5.74, 6) is -0.158. The lowest BCUT2D eigenvalue weighted by atomic mass is 10.2. The highest BCUT2D eigenvalue weighted by Crippen LogP contribution is 2.29. The van der Waals surface area contributed by atoms with Crippen LogP contribution >= 0.6 is 11.6 Å². The van der Waals surface area contributed by atoms with E-state index in [-0.39, 0.29) is 18.6 Å². The molecule has 5 heteroatoms. The van der Waals surface area contributed by atoms with Gasteiger partial charge in [0.05, 0.1) is 17.1 Å². The first kappa shape index (κ1) is 13.3. The van der Waals surface area contributed by atoms with Gasteiger partial charge in [0.25, 0.3) is 5.91 Å². The van der Waals surface area contributed by atoms with Gasteiger partial charge in [-0.3, -0.25) is 4.79 Å². The number of aromatic nitrogens is 1. The second-order valence-corrected chi connectivity index (χ2v) is 5.37. The van der Waals surface area contributed by atoms with Crippen molar-refractivity contribution in [2.45, 2.75) is 18.9 Å². The molecule has 1 aliphatic carbocycles. The lowest BCUT2D eigenvalue weighted by Crippen LogP contribution is -2.36. The van der Waals surface area contributed by atoms with Gasteiger partial charge in [0.15, 0.2) is 0 Å². The quantitative estimate of drug-likeness (QED) is 0.941. The van der Waals surface area contributed by atoms with Gasteiger partial charge >= 0.3 is 0 Å². The molecule has 0 unspecified atom stereocenters. The molecule has 0 bridgehead atoms. The minimum absolute atomic E-state index is 0.0381. The van der Waals surface area contributed by atoms with Crippen LogP contribution in [0, 0.1) is 0 Å². The predicted molar refractivity (Wildman–Crippen MR) is 77.9 cm³/mol. The third kappa shape index (κ3) is 2.49. The molecule has 0 radical (unpaired) electrons. The van der Waals surface area contributed by atoms with Crippen LogP contribution < -0.4 is 0 Å². The van der Waals surface area contributed by atoms with Crippen molar-refractivity contribution in [1.82, 2.24) is 9.88 Å². The van der Waals surface area contributed by atoms with Gasteiger partial charge in [0.2, 0.25) is 0 Å². The second kappa shape index (κ2) is 5.38. The average molecular weight is 291 g/mol. The molecule has 1 amide bonds. The molecule has 4 nitrogen and oxygen atoms in total. The lowest BCUT2D eigenvalue weighted by molar-refractivity contribution is 0.0702. The predicted octanol–water partition coefficient (Wildman–Crippen LogP) is 2.49. The van der Waals surface area contributed by atoms with E-state index in [1.807, 2.05) is 24.3 Å². The third-order valence-electron chi connectivity index (χ3n) is 3.47. The van der Waals surface area contributed by atoms with Crippen molar-refractivity contribution in [3.05, 3.63) is 41.0 Å². The van der Waals surface area contributed by atoms with Crippen LogP contribution in [0.4, 0.5) is 0 Å². The summed E-state index contributed by atoms with van der Waals surface area (Å²) in [6, 6.07) is 9.32. The van der Waals surface area contributed by atoms with Gasteiger partial charge in [0, 0.05) is 18.0 Å². The zero-order valence-electron chi connectivity index (χ0n) is 10.9. The van der Waals surface area contributed by atoms with E-state index in [4.69, 9.17) is 16.7 Å². The highest BCUT2D eigenvalue weighted by molar-refractivity contribution is 6.35. The van der Waals surface area contributed by atoms with Crippen molar-refractivity contribution < 1.29 is 9.90 Å². The van der Waals surface area contributed by atoms with Crippen LogP contribution in [0.3, 0.4) is 0 Å². The van der Waals surface area contributed by atoms with Gasteiger partial charge in [-0.15, -0.1) is 0 Å². The molecule has 1 saturated carbocycles. The Bertz CT molecular complexity index is 655. The van der Waals surface area contributed by atoms with E-state index in [1.165, 1.54) is 0 Å². The maximum atomic E-state index is 12.5. The maximum absolute atomic E-state index is 12.5. The average Bonchev–Trinajstić information content (AvgIpc) is 3.28. The number of hydrogen-bond acceptors (Lipinski definition) is 3. The van der Waals surface area contributed by atoms with E-state index in [1.54, 1.807) is 11.0 Å². The SMILES string of the molecule is O=C(c1cc(Cl)c2ccccc2n1)N(CCO)C1CC1. The Morgan fingerprint density at radius 2 is 2.15 bits per heavy atom. The first-order valence-corrected chi connectivity index (χ1v) is 7.05. The zero-order valence-corrected chi connectivity index (χ0v) is 11.7. The Balaban J connectivity index is 1.98. The van der Waals surface area contributed by atoms with Crippen molar-refractivity contribution >= 4 is 28.4 Å². The second-order valence-electron chi connectivity index (χ2n) is 4.96. The molecule has 0 saturated heterocycles. The molecule has 0 spiro atoms. The summed E-state index contributed by atoms with van der Waals surface area (Å²) >= 11 is 6.22. The van der Waals surface area contributed by atoms with E-state index in [2.05, 4.69) is 4.98 Å². The van der Waals surface area contributed by atoms with Crippen LogP contribution in [0.1, 0.15) is 23.3 Å². The Kier molecular flexibility index (Phi) is 3.59. The Morgan fingerprint density at radius 1 is 1.40 bits per heavy atom. The highest BCUT2D eigenvalue weighted by atomic mass is 35.5. The van der Waals surface area contributed by atoms with Gasteiger partial charge in [-0.25, -0.2) is 4.98 Å². The number of halogens is 1. The molecule has 1 aromatic heterocycles. The molecule has 3 rings (SSSR count). The maximum Gasteiger partial charge on any atom is 0.272 e. The van der Waals surface area contributed by atoms with Gasteiger partial charge in [-0.1, -0.05) is 29.8 Å². The molecule has 0 atom stereocenters. The fourth-order valence-corrected chi connectivity index (χ4v) is 2.60. The van der Waals surface area contributed by atoms with Gasteiger partial charge < -0.3 is 10.0 Å². The summed E-state index contributed by atoms with van der Waals surface area (Å²) in [5, 5.41) is 10.5. The van der Waals surface area contributed by atoms with Crippen LogP contribution in [0.15, 0.2) is 30.3 Å². The number of aliphatic hydroxyl groups is 1. The smallest absolute Gasteiger partial charge is 0.272 e. The summed E-state index contributed by atoms with van der Waals surface area (Å²) in [6.07, 6.45) is 1.99. The summed E-state index contributed by atoms with van der Waals surface area (Å²) < 4.78 is 0. The third-order valence-corrected chi connectivity index (χ3v) is 3.79. The fraction of sp³-hybridized carbons (Fsp3) is 0.333. The van der Waals surface area contributed by atoms with Crippen molar-refractivity contribution in [1.29, 1.82) is 0 Å². The first-order chi connectivity index (χ1) is 9.70. The molecule has 2 aromatic rings. The molecular formula is C15H15ClN2O2. The van der Waals surface area contributed by atoms with Crippen LogP contribution in [0.2, 0.25) is 5.02 Å². The number of carbonyl (C=O) groups is 1. The monoisotopic (exact) mass is 290 g/mol. The summed E-state index contributed by atoms with van der Waals surface area (Å²) in [6.45, 7) is 0.305. The van der Waals surface area contributed by atoms with Crippen molar-refractivity contribution in [3.63, 3.8) is 0 Å². The molecule has 20 heavy (non-hydrogen) atoms. The van der Waals surface area contributed by atoms with Crippen molar-refractivity contribution in [3.8, 4) is 0 Å². The first-order valence-electron chi connectivity index (χ1n) is 6.68. The van der Waals surface area contributed by atoms with Crippen molar-refractivity contribution in [2.24, 2.45) is 0 Å². The number of hydrogen-bond donors (Lipinski definition) is 1. The van der Waals surface area contributed by atoms with Gasteiger partial charge in [-0.05, 0) is 25.0 Å². The van der Waals surface area contributed by atoms with E-state index in [0.717, 1.165) is 18.2 Å². The van der Waals surface area contributed by atoms with Crippen LogP contribution in [0.5, 0.6) is 0 Å². The van der Waals surface area contributed by atoms with Gasteiger partial charge in [-0.2, -0.15) is 0 Å². The number of benzene rings is 1. The largest absolute Gasteiger partial charge is 0.395 e. The number of amides is 1. The molecule has 1 fully saturated rings. The molecule has 0 aliphatic heterocycles. The lowest BCUT2D eigenvalue weighted by Gasteiger charge is -2.21. The number of rotatable bonds is 4. The molecular weight excluding hydrogens is 276 g/mol. The van der Waals surface area contributed by atoms with E-state index in [0.29, 0.717) is 22.8 Å². The normalized spacial score (nSPS) is 14.5. The summed E-state index contributed by atoms with van der Waals surface area (Å²) in [5.41, 5.74) is 1.05. The standard InChI is InChI=1S/C15H15ClN2O2/c16-12-9-14(17-13-4-2-1-3-11(12)13)15(20)18(7-8-19)10-5-6-10/h1-4,9-10,19H,5-8H2. The molecule has 1 heterocycles. The number of para-hydroxylation sites is 1. The number of nitrogens with zero attached hydrogens (tertiary/aromatic N) is 2. The molecule has 104 valence electrons. The van der Waals surface area contributed by atoms with Crippen molar-refractivity contribution in [2.75, 3.05) is 13.2 Å². The Labute approximate surface area is 122 Å². The van der Waals surface area contributed by atoms with Crippen LogP contribution in [0.25, 0.3) is 10.9 Å². The minimum Gasteiger partial charge on any atom is -0.395 e. The highest BCUT2D eigenvalue weighted by Gasteiger charge is 2.33. The topological polar surface area (TPSA) is 53.4 Å². The van der Waals surface area contributed by atoms with Crippen LogP contribution in [-0.2, 0) is 0 Å². The zero-order chi connectivity index (χ0) is 14.1. The number of carbonyl (C=O) groups excluding carboxylic acids is 1. The summed E-state index contributed by atoms with van der Waals surface area (Å²) in [7, 11) is 0. The molecule has 1 N–H and O–H groups in total. The Morgan fingerprint density at radius 3 is 2.85 bits per heavy atom. The summed E-state index contributed by atoms with van der Waals surface area (Å²) in [4.78, 5) is 18.6. The fourth-order valence-electron chi connectivity index (χ4n) is 2.33. The molecule has 1 aromatic carbocycles. The van der Waals surface area contributed by atoms with E-state index in [9.17, 15) is 4.79 Å². The van der Waals surface area contributed by atoms with E-state index < -0.39 is 0 Å².